The van der Waals surface area contributed by atoms with Gasteiger partial charge in [-0.3, -0.25) is 4.79 Å². The van der Waals surface area contributed by atoms with Gasteiger partial charge in [-0.1, -0.05) is 0 Å². The second kappa shape index (κ2) is 5.99. The maximum absolute atomic E-state index is 11.6. The van der Waals surface area contributed by atoms with Crippen LogP contribution in [0.15, 0.2) is 0 Å². The number of carboxylic acids is 1. The van der Waals surface area contributed by atoms with Crippen LogP contribution in [0.3, 0.4) is 0 Å². The first kappa shape index (κ1) is 13.8. The predicted octanol–water partition coefficient (Wildman–Crippen LogP) is 0.505. The van der Waals surface area contributed by atoms with Gasteiger partial charge in [0.15, 0.2) is 0 Å². The van der Waals surface area contributed by atoms with Gasteiger partial charge in [0.05, 0.1) is 5.41 Å². The molecule has 0 spiro atoms. The third-order valence-electron chi connectivity index (χ3n) is 4.24. The summed E-state index contributed by atoms with van der Waals surface area (Å²) in [6, 6.07) is 0. The van der Waals surface area contributed by atoms with Crippen molar-refractivity contribution in [2.24, 2.45) is 5.41 Å². The highest BCUT2D eigenvalue weighted by Crippen LogP contribution is 2.32. The molecular weight excluding hydrogens is 232 g/mol. The molecule has 104 valence electrons. The molecule has 0 bridgehead atoms. The lowest BCUT2D eigenvalue weighted by atomic mass is 9.79. The summed E-state index contributed by atoms with van der Waals surface area (Å²) in [4.78, 5) is 16.2. The minimum absolute atomic E-state index is 0.582. The summed E-state index contributed by atoms with van der Waals surface area (Å²) >= 11 is 0. The predicted molar refractivity (Wildman–Crippen MR) is 68.7 cm³/mol. The van der Waals surface area contributed by atoms with Gasteiger partial charge in [0.1, 0.15) is 0 Å². The second-order valence-corrected chi connectivity index (χ2v) is 5.63. The van der Waals surface area contributed by atoms with E-state index in [9.17, 15) is 9.90 Å². The summed E-state index contributed by atoms with van der Waals surface area (Å²) in [6.07, 6.45) is 2.42. The van der Waals surface area contributed by atoms with Gasteiger partial charge in [-0.15, -0.1) is 0 Å². The van der Waals surface area contributed by atoms with E-state index in [-0.39, 0.29) is 0 Å². The van der Waals surface area contributed by atoms with Crippen molar-refractivity contribution in [1.82, 2.24) is 9.80 Å². The SMILES string of the molecule is CN1CCCN(CC2(C(=O)O)CCOCC2)CC1. The molecule has 2 fully saturated rings. The van der Waals surface area contributed by atoms with Crippen molar-refractivity contribution in [3.05, 3.63) is 0 Å². The van der Waals surface area contributed by atoms with Crippen molar-refractivity contribution in [2.45, 2.75) is 19.3 Å². The molecule has 0 aromatic carbocycles. The van der Waals surface area contributed by atoms with Crippen molar-refractivity contribution >= 4 is 5.97 Å². The fourth-order valence-corrected chi connectivity index (χ4v) is 2.89. The summed E-state index contributed by atoms with van der Waals surface area (Å²) in [5.41, 5.74) is -0.582. The molecular formula is C13H24N2O3. The van der Waals surface area contributed by atoms with Gasteiger partial charge in [0, 0.05) is 32.8 Å². The average Bonchev–Trinajstić information content (AvgIpc) is 2.55. The second-order valence-electron chi connectivity index (χ2n) is 5.63. The molecule has 2 rings (SSSR count). The number of aliphatic carboxylic acids is 1. The van der Waals surface area contributed by atoms with Crippen LogP contribution in [0, 0.1) is 5.41 Å². The van der Waals surface area contributed by atoms with Crippen LogP contribution >= 0.6 is 0 Å². The molecule has 0 aromatic heterocycles. The zero-order valence-corrected chi connectivity index (χ0v) is 11.2. The summed E-state index contributed by atoms with van der Waals surface area (Å²) in [6.45, 7) is 5.98. The average molecular weight is 256 g/mol. The number of rotatable bonds is 3. The number of nitrogens with zero attached hydrogens (tertiary/aromatic N) is 2. The monoisotopic (exact) mass is 256 g/mol. The first-order valence-electron chi connectivity index (χ1n) is 6.84. The molecule has 5 heteroatoms. The maximum atomic E-state index is 11.6. The lowest BCUT2D eigenvalue weighted by molar-refractivity contribution is -0.156. The van der Waals surface area contributed by atoms with Gasteiger partial charge in [-0.25, -0.2) is 0 Å². The molecule has 5 nitrogen and oxygen atoms in total. The van der Waals surface area contributed by atoms with Crippen LogP contribution in [-0.4, -0.2) is 73.9 Å². The Bertz CT molecular complexity index is 290. The Morgan fingerprint density at radius 1 is 1.22 bits per heavy atom. The molecule has 2 aliphatic rings. The van der Waals surface area contributed by atoms with Gasteiger partial charge in [0.2, 0.25) is 0 Å². The zero-order valence-electron chi connectivity index (χ0n) is 11.2. The van der Waals surface area contributed by atoms with Crippen molar-refractivity contribution < 1.29 is 14.6 Å². The number of likely N-dealkylation sites (N-methyl/N-ethyl adjacent to an activating group) is 1. The largest absolute Gasteiger partial charge is 0.481 e. The first-order chi connectivity index (χ1) is 8.62. The Morgan fingerprint density at radius 2 is 1.94 bits per heavy atom. The smallest absolute Gasteiger partial charge is 0.311 e. The Kier molecular flexibility index (Phi) is 4.59. The van der Waals surface area contributed by atoms with Gasteiger partial charge >= 0.3 is 5.97 Å². The van der Waals surface area contributed by atoms with Crippen LogP contribution < -0.4 is 0 Å². The first-order valence-corrected chi connectivity index (χ1v) is 6.84. The fourth-order valence-electron chi connectivity index (χ4n) is 2.89. The van der Waals surface area contributed by atoms with Gasteiger partial charge < -0.3 is 19.6 Å². The molecule has 0 unspecified atom stereocenters. The highest BCUT2D eigenvalue weighted by molar-refractivity contribution is 5.75. The number of ether oxygens (including phenoxy) is 1. The lowest BCUT2D eigenvalue weighted by Crippen LogP contribution is -2.47. The van der Waals surface area contributed by atoms with Crippen LogP contribution in [0.1, 0.15) is 19.3 Å². The van der Waals surface area contributed by atoms with E-state index in [2.05, 4.69) is 16.8 Å². The van der Waals surface area contributed by atoms with Crippen molar-refractivity contribution in [2.75, 3.05) is 53.0 Å². The molecule has 0 aliphatic carbocycles. The molecule has 2 aliphatic heterocycles. The molecule has 0 amide bonds. The van der Waals surface area contributed by atoms with Crippen LogP contribution in [0.2, 0.25) is 0 Å². The minimum atomic E-state index is -0.650. The Hall–Kier alpha value is -0.650. The third-order valence-corrected chi connectivity index (χ3v) is 4.24. The highest BCUT2D eigenvalue weighted by atomic mass is 16.5. The fraction of sp³-hybridized carbons (Fsp3) is 0.923. The molecule has 2 heterocycles. The van der Waals surface area contributed by atoms with Gasteiger partial charge in [0.25, 0.3) is 0 Å². The Balaban J connectivity index is 1.97. The molecule has 1 N–H and O–H groups in total. The number of hydrogen-bond acceptors (Lipinski definition) is 4. The Labute approximate surface area is 109 Å². The van der Waals surface area contributed by atoms with Crippen LogP contribution in [0.5, 0.6) is 0 Å². The summed E-state index contributed by atoms with van der Waals surface area (Å²) < 4.78 is 5.32. The molecule has 0 saturated carbocycles. The standard InChI is InChI=1S/C13H24N2O3/c1-14-5-2-6-15(8-7-14)11-13(12(16)17)3-9-18-10-4-13/h2-11H2,1H3,(H,16,17). The van der Waals surface area contributed by atoms with E-state index in [1.54, 1.807) is 0 Å². The van der Waals surface area contributed by atoms with Gasteiger partial charge in [-0.05, 0) is 39.4 Å². The van der Waals surface area contributed by atoms with E-state index in [4.69, 9.17) is 4.74 Å². The topological polar surface area (TPSA) is 53.0 Å². The molecule has 2 saturated heterocycles. The quantitative estimate of drug-likeness (QED) is 0.797. The van der Waals surface area contributed by atoms with Crippen LogP contribution in [-0.2, 0) is 9.53 Å². The summed E-state index contributed by atoms with van der Waals surface area (Å²) in [5.74, 6) is -0.650. The number of carboxylic acid groups (broad SMARTS) is 1. The van der Waals surface area contributed by atoms with E-state index < -0.39 is 11.4 Å². The van der Waals surface area contributed by atoms with Gasteiger partial charge in [-0.2, -0.15) is 0 Å². The van der Waals surface area contributed by atoms with E-state index >= 15 is 0 Å². The number of carbonyl (C=O) groups is 1. The van der Waals surface area contributed by atoms with E-state index in [1.807, 2.05) is 0 Å². The van der Waals surface area contributed by atoms with Crippen molar-refractivity contribution in [1.29, 1.82) is 0 Å². The number of hydrogen-bond donors (Lipinski definition) is 1. The third kappa shape index (κ3) is 3.22. The van der Waals surface area contributed by atoms with Crippen molar-refractivity contribution in [3.8, 4) is 0 Å². The van der Waals surface area contributed by atoms with E-state index in [1.165, 1.54) is 0 Å². The summed E-state index contributed by atoms with van der Waals surface area (Å²) in [7, 11) is 2.13. The zero-order chi connectivity index (χ0) is 13.0. The minimum Gasteiger partial charge on any atom is -0.481 e. The van der Waals surface area contributed by atoms with Crippen LogP contribution in [0.25, 0.3) is 0 Å². The molecule has 0 radical (unpaired) electrons. The van der Waals surface area contributed by atoms with Crippen LogP contribution in [0.4, 0.5) is 0 Å². The van der Waals surface area contributed by atoms with E-state index in [0.717, 1.165) is 32.6 Å². The molecule has 0 atom stereocenters. The van der Waals surface area contributed by atoms with E-state index in [0.29, 0.717) is 32.6 Å². The highest BCUT2D eigenvalue weighted by Gasteiger charge is 2.41. The summed E-state index contributed by atoms with van der Waals surface area (Å²) in [5, 5.41) is 9.55. The molecule has 18 heavy (non-hydrogen) atoms. The normalized spacial score (nSPS) is 26.7. The maximum Gasteiger partial charge on any atom is 0.311 e. The van der Waals surface area contributed by atoms with Crippen molar-refractivity contribution in [3.63, 3.8) is 0 Å². The Morgan fingerprint density at radius 3 is 2.61 bits per heavy atom. The molecule has 0 aromatic rings. The lowest BCUT2D eigenvalue weighted by Gasteiger charge is -2.37.